The third-order valence-corrected chi connectivity index (χ3v) is 6.13. The van der Waals surface area contributed by atoms with E-state index >= 15 is 0 Å². The maximum absolute atomic E-state index is 13.4. The van der Waals surface area contributed by atoms with Crippen LogP contribution in [-0.2, 0) is 9.59 Å². The van der Waals surface area contributed by atoms with Crippen LogP contribution in [0.15, 0.2) is 30.6 Å². The van der Waals surface area contributed by atoms with E-state index in [9.17, 15) is 9.59 Å². The molecule has 0 bridgehead atoms. The lowest BCUT2D eigenvalue weighted by molar-refractivity contribution is -0.149. The molecule has 1 atom stereocenters. The summed E-state index contributed by atoms with van der Waals surface area (Å²) < 4.78 is 2.25. The van der Waals surface area contributed by atoms with E-state index in [1.165, 1.54) is 0 Å². The van der Waals surface area contributed by atoms with Crippen molar-refractivity contribution in [1.29, 1.82) is 0 Å². The number of carbonyl (C=O) groups excluding carboxylic acids is 2. The first-order valence-corrected chi connectivity index (χ1v) is 10.4. The first kappa shape index (κ1) is 19.0. The number of para-hydroxylation sites is 2. The van der Waals surface area contributed by atoms with Gasteiger partial charge in [0, 0.05) is 32.1 Å². The Morgan fingerprint density at radius 1 is 1.14 bits per heavy atom. The number of piperidine rings is 1. The lowest BCUT2D eigenvalue weighted by Crippen LogP contribution is -2.56. The fraction of sp³-hybridized carbons (Fsp3) is 0.591. The molecule has 4 rings (SSSR count). The molecule has 0 aliphatic carbocycles. The molecule has 2 saturated heterocycles. The maximum Gasteiger partial charge on any atom is 0.245 e. The van der Waals surface area contributed by atoms with Gasteiger partial charge in [0.25, 0.3) is 0 Å². The van der Waals surface area contributed by atoms with E-state index in [2.05, 4.69) is 36.4 Å². The van der Waals surface area contributed by atoms with Gasteiger partial charge < -0.3 is 14.4 Å². The summed E-state index contributed by atoms with van der Waals surface area (Å²) in [5, 5.41) is 0. The molecule has 0 radical (unpaired) electrons. The average Bonchev–Trinajstić information content (AvgIpc) is 3.27. The number of aromatic nitrogens is 2. The molecule has 1 unspecified atom stereocenters. The van der Waals surface area contributed by atoms with Crippen molar-refractivity contribution in [2.45, 2.75) is 58.5 Å². The predicted octanol–water partition coefficient (Wildman–Crippen LogP) is 3.24. The third-order valence-electron chi connectivity index (χ3n) is 6.13. The van der Waals surface area contributed by atoms with Gasteiger partial charge in [-0.2, -0.15) is 0 Å². The zero-order valence-electron chi connectivity index (χ0n) is 17.1. The number of imidazole rings is 1. The summed E-state index contributed by atoms with van der Waals surface area (Å²) in [4.78, 5) is 34.0. The summed E-state index contributed by atoms with van der Waals surface area (Å²) in [6.45, 7) is 8.34. The molecule has 2 amide bonds. The van der Waals surface area contributed by atoms with Gasteiger partial charge in [-0.25, -0.2) is 4.98 Å². The van der Waals surface area contributed by atoms with Crippen molar-refractivity contribution in [2.24, 2.45) is 5.41 Å². The Morgan fingerprint density at radius 3 is 2.50 bits per heavy atom. The van der Waals surface area contributed by atoms with Gasteiger partial charge in [0.15, 0.2) is 0 Å². The van der Waals surface area contributed by atoms with E-state index in [0.717, 1.165) is 43.4 Å². The summed E-state index contributed by atoms with van der Waals surface area (Å²) >= 11 is 0. The van der Waals surface area contributed by atoms with E-state index in [1.54, 1.807) is 0 Å². The molecule has 2 aliphatic heterocycles. The highest BCUT2D eigenvalue weighted by molar-refractivity contribution is 5.89. The molecule has 0 spiro atoms. The number of likely N-dealkylation sites (tertiary alicyclic amines) is 2. The zero-order valence-corrected chi connectivity index (χ0v) is 17.1. The van der Waals surface area contributed by atoms with Gasteiger partial charge in [0.1, 0.15) is 6.04 Å². The molecule has 2 aliphatic rings. The van der Waals surface area contributed by atoms with Crippen molar-refractivity contribution in [2.75, 3.05) is 19.6 Å². The monoisotopic (exact) mass is 382 g/mol. The van der Waals surface area contributed by atoms with E-state index in [1.807, 2.05) is 34.3 Å². The van der Waals surface area contributed by atoms with Crippen molar-refractivity contribution in [1.82, 2.24) is 19.4 Å². The topological polar surface area (TPSA) is 58.4 Å². The van der Waals surface area contributed by atoms with Crippen LogP contribution >= 0.6 is 0 Å². The molecule has 3 heterocycles. The fourth-order valence-electron chi connectivity index (χ4n) is 4.72. The first-order valence-electron chi connectivity index (χ1n) is 10.4. The highest BCUT2D eigenvalue weighted by Crippen LogP contribution is 2.32. The number of amides is 2. The summed E-state index contributed by atoms with van der Waals surface area (Å²) in [5.41, 5.74) is 1.90. The molecule has 6 nitrogen and oxygen atoms in total. The molecule has 0 saturated carbocycles. The lowest BCUT2D eigenvalue weighted by atomic mass is 9.84. The number of fused-ring (bicyclic) bond motifs is 1. The summed E-state index contributed by atoms with van der Waals surface area (Å²) in [6.07, 6.45) is 5.17. The number of carbonyl (C=O) groups is 2. The Morgan fingerprint density at radius 2 is 1.86 bits per heavy atom. The van der Waals surface area contributed by atoms with Crippen LogP contribution in [0.2, 0.25) is 0 Å². The van der Waals surface area contributed by atoms with Crippen molar-refractivity contribution in [3.63, 3.8) is 0 Å². The Bertz CT molecular complexity index is 874. The molecule has 28 heavy (non-hydrogen) atoms. The Kier molecular flexibility index (Phi) is 4.89. The van der Waals surface area contributed by atoms with Gasteiger partial charge in [-0.05, 0) is 36.8 Å². The first-order chi connectivity index (χ1) is 13.4. The normalized spacial score (nSPS) is 20.2. The number of hydrogen-bond acceptors (Lipinski definition) is 3. The van der Waals surface area contributed by atoms with Crippen LogP contribution in [0.5, 0.6) is 0 Å². The highest BCUT2D eigenvalue weighted by atomic mass is 16.2. The van der Waals surface area contributed by atoms with Crippen LogP contribution in [0.1, 0.15) is 52.5 Å². The van der Waals surface area contributed by atoms with E-state index < -0.39 is 0 Å². The lowest BCUT2D eigenvalue weighted by Gasteiger charge is -2.42. The zero-order chi connectivity index (χ0) is 19.9. The Hall–Kier alpha value is -2.37. The van der Waals surface area contributed by atoms with Crippen LogP contribution < -0.4 is 0 Å². The predicted molar refractivity (Wildman–Crippen MR) is 109 cm³/mol. The van der Waals surface area contributed by atoms with Crippen LogP contribution in [0.4, 0.5) is 0 Å². The molecule has 1 aromatic heterocycles. The van der Waals surface area contributed by atoms with Crippen molar-refractivity contribution in [3.05, 3.63) is 30.6 Å². The van der Waals surface area contributed by atoms with Gasteiger partial charge in [-0.3, -0.25) is 9.59 Å². The van der Waals surface area contributed by atoms with Crippen LogP contribution in [0.3, 0.4) is 0 Å². The maximum atomic E-state index is 13.4. The fourth-order valence-corrected chi connectivity index (χ4v) is 4.72. The smallest absolute Gasteiger partial charge is 0.245 e. The largest absolute Gasteiger partial charge is 0.341 e. The van der Waals surface area contributed by atoms with Crippen molar-refractivity contribution >= 4 is 22.8 Å². The van der Waals surface area contributed by atoms with Crippen LogP contribution in [-0.4, -0.2) is 56.8 Å². The van der Waals surface area contributed by atoms with E-state index in [0.29, 0.717) is 19.0 Å². The standard InChI is InChI=1S/C22H30N4O2/c1-22(2,3)20(25-12-6-9-19(25)27)21(28)24-13-10-16(11-14-24)26-15-23-17-7-4-5-8-18(17)26/h4-5,7-8,15-16,20H,6,9-14H2,1-3H3. The molecular weight excluding hydrogens is 352 g/mol. The van der Waals surface area contributed by atoms with Gasteiger partial charge in [0.05, 0.1) is 17.4 Å². The second-order valence-corrected chi connectivity index (χ2v) is 9.16. The third kappa shape index (κ3) is 3.40. The number of nitrogens with zero attached hydrogens (tertiary/aromatic N) is 4. The molecule has 6 heteroatoms. The average molecular weight is 383 g/mol. The number of hydrogen-bond donors (Lipinski definition) is 0. The Balaban J connectivity index is 1.47. The summed E-state index contributed by atoms with van der Waals surface area (Å²) in [7, 11) is 0. The van der Waals surface area contributed by atoms with Crippen molar-refractivity contribution < 1.29 is 9.59 Å². The SMILES string of the molecule is CC(C)(C)C(C(=O)N1CCC(n2cnc3ccccc32)CC1)N1CCCC1=O. The highest BCUT2D eigenvalue weighted by Gasteiger charge is 2.43. The quantitative estimate of drug-likeness (QED) is 0.819. The Labute approximate surface area is 166 Å². The number of benzene rings is 1. The summed E-state index contributed by atoms with van der Waals surface area (Å²) in [6, 6.07) is 8.18. The summed E-state index contributed by atoms with van der Waals surface area (Å²) in [5.74, 6) is 0.227. The van der Waals surface area contributed by atoms with Gasteiger partial charge in [-0.15, -0.1) is 0 Å². The minimum atomic E-state index is -0.367. The van der Waals surface area contributed by atoms with Crippen LogP contribution in [0.25, 0.3) is 11.0 Å². The van der Waals surface area contributed by atoms with Crippen molar-refractivity contribution in [3.8, 4) is 0 Å². The molecule has 2 fully saturated rings. The number of rotatable bonds is 3. The molecule has 0 N–H and O–H groups in total. The minimum absolute atomic E-state index is 0.108. The molecule has 2 aromatic rings. The van der Waals surface area contributed by atoms with Gasteiger partial charge in [0.2, 0.25) is 11.8 Å². The molecule has 150 valence electrons. The van der Waals surface area contributed by atoms with Gasteiger partial charge in [-0.1, -0.05) is 32.9 Å². The molecule has 1 aromatic carbocycles. The van der Waals surface area contributed by atoms with Gasteiger partial charge >= 0.3 is 0 Å². The minimum Gasteiger partial charge on any atom is -0.341 e. The molecular formula is C22H30N4O2. The van der Waals surface area contributed by atoms with E-state index in [-0.39, 0.29) is 23.3 Å². The second kappa shape index (κ2) is 7.22. The van der Waals surface area contributed by atoms with Crippen LogP contribution in [0, 0.1) is 5.41 Å². The van der Waals surface area contributed by atoms with E-state index in [4.69, 9.17) is 0 Å². The second-order valence-electron chi connectivity index (χ2n) is 9.16.